The Morgan fingerprint density at radius 3 is 2.33 bits per heavy atom. The number of hydrogen-bond donors (Lipinski definition) is 1. The molecule has 0 amide bonds. The molecule has 0 bridgehead atoms. The molecule has 3 aromatic rings. The summed E-state index contributed by atoms with van der Waals surface area (Å²) in [4.78, 5) is 20.4. The van der Waals surface area contributed by atoms with Crippen molar-refractivity contribution in [1.29, 1.82) is 0 Å². The van der Waals surface area contributed by atoms with E-state index in [4.69, 9.17) is 9.47 Å². The van der Waals surface area contributed by atoms with Gasteiger partial charge < -0.3 is 14.6 Å². The predicted octanol–water partition coefficient (Wildman–Crippen LogP) is 4.00. The first-order valence-electron chi connectivity index (χ1n) is 9.76. The van der Waals surface area contributed by atoms with Crippen molar-refractivity contribution in [2.45, 2.75) is 18.9 Å². The number of para-hydroxylation sites is 1. The Morgan fingerprint density at radius 2 is 1.70 bits per heavy atom. The Kier molecular flexibility index (Phi) is 5.86. The van der Waals surface area contributed by atoms with Crippen molar-refractivity contribution in [3.8, 4) is 16.9 Å². The molecule has 0 saturated carbocycles. The molecule has 1 N–H and O–H groups in total. The first-order valence-corrected chi connectivity index (χ1v) is 9.76. The molecular weight excluding hydrogens is 380 g/mol. The molecule has 30 heavy (non-hydrogen) atoms. The van der Waals surface area contributed by atoms with Gasteiger partial charge in [-0.05, 0) is 23.8 Å². The number of pyridine rings is 2. The molecule has 4 rings (SSSR count). The summed E-state index contributed by atoms with van der Waals surface area (Å²) in [5.74, 6) is -0.321. The minimum absolute atomic E-state index is 0.248. The number of nitrogens with zero attached hydrogens (tertiary/aromatic N) is 2. The van der Waals surface area contributed by atoms with Gasteiger partial charge in [0.2, 0.25) is 0 Å². The van der Waals surface area contributed by atoms with Crippen LogP contribution in [0.15, 0.2) is 67.0 Å². The van der Waals surface area contributed by atoms with Crippen molar-refractivity contribution in [2.75, 3.05) is 13.7 Å². The van der Waals surface area contributed by atoms with E-state index in [-0.39, 0.29) is 6.42 Å². The number of aliphatic carboxylic acids is 1. The van der Waals surface area contributed by atoms with Gasteiger partial charge in [-0.2, -0.15) is 0 Å². The predicted molar refractivity (Wildman–Crippen MR) is 113 cm³/mol. The highest BCUT2D eigenvalue weighted by Crippen LogP contribution is 2.41. The van der Waals surface area contributed by atoms with E-state index in [1.165, 1.54) is 7.11 Å². The standard InChI is InChI=1S/C24H22N2O4/c1-29-21(24(27)28)15-16-7-2-3-11-20(16)30-14-6-10-19-22-17(8-4-12-25-22)18-9-5-13-26-23(18)19/h2-5,7-13,21H,6,14-15H2,1H3,(H,27,28). The van der Waals surface area contributed by atoms with Crippen LogP contribution < -0.4 is 4.74 Å². The molecule has 1 aromatic carbocycles. The van der Waals surface area contributed by atoms with Gasteiger partial charge in [0.15, 0.2) is 6.10 Å². The maximum Gasteiger partial charge on any atom is 0.333 e. The Hall–Kier alpha value is -3.51. The average molecular weight is 402 g/mol. The maximum atomic E-state index is 11.3. The van der Waals surface area contributed by atoms with Crippen LogP contribution in [0, 0.1) is 0 Å². The molecule has 0 fully saturated rings. The Morgan fingerprint density at radius 1 is 1.03 bits per heavy atom. The number of fused-ring (bicyclic) bond motifs is 3. The van der Waals surface area contributed by atoms with Gasteiger partial charge in [0.05, 0.1) is 18.0 Å². The monoisotopic (exact) mass is 402 g/mol. The van der Waals surface area contributed by atoms with E-state index < -0.39 is 12.1 Å². The molecule has 0 radical (unpaired) electrons. The third-order valence-corrected chi connectivity index (χ3v) is 5.08. The molecule has 0 saturated heterocycles. The van der Waals surface area contributed by atoms with Gasteiger partial charge in [-0.1, -0.05) is 36.4 Å². The molecule has 2 heterocycles. The van der Waals surface area contributed by atoms with Crippen LogP contribution in [0.4, 0.5) is 0 Å². The minimum atomic E-state index is -0.990. The normalized spacial score (nSPS) is 12.8. The lowest BCUT2D eigenvalue weighted by atomic mass is 10.1. The molecule has 1 atom stereocenters. The molecule has 6 heteroatoms. The number of hydrogen-bond acceptors (Lipinski definition) is 5. The van der Waals surface area contributed by atoms with Crippen molar-refractivity contribution in [3.63, 3.8) is 0 Å². The largest absolute Gasteiger partial charge is 0.493 e. The Labute approximate surface area is 174 Å². The quantitative estimate of drug-likeness (QED) is 0.449. The third-order valence-electron chi connectivity index (χ3n) is 5.08. The number of benzene rings is 1. The Balaban J connectivity index is 1.47. The van der Waals surface area contributed by atoms with Gasteiger partial charge in [-0.15, -0.1) is 0 Å². The van der Waals surface area contributed by atoms with Crippen LogP contribution in [0.3, 0.4) is 0 Å². The fourth-order valence-corrected chi connectivity index (χ4v) is 3.64. The van der Waals surface area contributed by atoms with Crippen molar-refractivity contribution in [3.05, 3.63) is 84.0 Å². The molecule has 152 valence electrons. The second kappa shape index (κ2) is 8.88. The van der Waals surface area contributed by atoms with Crippen molar-refractivity contribution < 1.29 is 19.4 Å². The Bertz CT molecular complexity index is 1050. The number of rotatable bonds is 8. The van der Waals surface area contributed by atoms with Gasteiger partial charge in [0, 0.05) is 49.0 Å². The summed E-state index contributed by atoms with van der Waals surface area (Å²) in [5, 5.41) is 9.24. The molecule has 0 aliphatic heterocycles. The average Bonchev–Trinajstić information content (AvgIpc) is 3.09. The van der Waals surface area contributed by atoms with Crippen molar-refractivity contribution >= 4 is 11.5 Å². The van der Waals surface area contributed by atoms with Crippen LogP contribution in [0.5, 0.6) is 5.75 Å². The number of carboxylic acids is 1. The second-order valence-corrected chi connectivity index (χ2v) is 6.93. The van der Waals surface area contributed by atoms with Gasteiger partial charge >= 0.3 is 5.97 Å². The highest BCUT2D eigenvalue weighted by molar-refractivity contribution is 5.98. The number of methoxy groups -OCH3 is 1. The van der Waals surface area contributed by atoms with Crippen LogP contribution >= 0.6 is 0 Å². The first kappa shape index (κ1) is 19.8. The summed E-state index contributed by atoms with van der Waals surface area (Å²) in [6.45, 7) is 0.454. The van der Waals surface area contributed by atoms with Gasteiger partial charge in [0.1, 0.15) is 5.75 Å². The molecule has 2 aromatic heterocycles. The molecule has 6 nitrogen and oxygen atoms in total. The maximum absolute atomic E-state index is 11.3. The van der Waals surface area contributed by atoms with E-state index in [9.17, 15) is 9.90 Å². The summed E-state index contributed by atoms with van der Waals surface area (Å²) in [6, 6.07) is 15.4. The minimum Gasteiger partial charge on any atom is -0.493 e. The molecule has 1 aliphatic rings. The zero-order chi connectivity index (χ0) is 20.9. The van der Waals surface area contributed by atoms with E-state index in [1.54, 1.807) is 12.4 Å². The van der Waals surface area contributed by atoms with E-state index >= 15 is 0 Å². The number of carboxylic acid groups (broad SMARTS) is 1. The van der Waals surface area contributed by atoms with E-state index in [2.05, 4.69) is 28.2 Å². The summed E-state index contributed by atoms with van der Waals surface area (Å²) in [6.07, 6.45) is 5.70. The summed E-state index contributed by atoms with van der Waals surface area (Å²) in [5.41, 5.74) is 5.89. The smallest absolute Gasteiger partial charge is 0.333 e. The highest BCUT2D eigenvalue weighted by Gasteiger charge is 2.25. The van der Waals surface area contributed by atoms with Crippen LogP contribution in [0.1, 0.15) is 23.4 Å². The van der Waals surface area contributed by atoms with Gasteiger partial charge in [-0.3, -0.25) is 9.97 Å². The van der Waals surface area contributed by atoms with Crippen molar-refractivity contribution in [2.24, 2.45) is 0 Å². The zero-order valence-electron chi connectivity index (χ0n) is 16.6. The summed E-state index contributed by atoms with van der Waals surface area (Å²) >= 11 is 0. The van der Waals surface area contributed by atoms with Crippen molar-refractivity contribution in [1.82, 2.24) is 9.97 Å². The topological polar surface area (TPSA) is 81.5 Å². The molecule has 1 aliphatic carbocycles. The fourth-order valence-electron chi connectivity index (χ4n) is 3.64. The summed E-state index contributed by atoms with van der Waals surface area (Å²) in [7, 11) is 1.40. The van der Waals surface area contributed by atoms with Crippen LogP contribution in [-0.2, 0) is 16.0 Å². The van der Waals surface area contributed by atoms with Crippen LogP contribution in [-0.4, -0.2) is 40.9 Å². The molecule has 1 unspecified atom stereocenters. The number of carbonyl (C=O) groups is 1. The first-order chi connectivity index (χ1) is 14.7. The van der Waals surface area contributed by atoms with Crippen LogP contribution in [0.2, 0.25) is 0 Å². The summed E-state index contributed by atoms with van der Waals surface area (Å²) < 4.78 is 11.0. The lowest BCUT2D eigenvalue weighted by molar-refractivity contribution is -0.148. The molecule has 0 spiro atoms. The van der Waals surface area contributed by atoms with Gasteiger partial charge in [-0.25, -0.2) is 4.79 Å². The lowest BCUT2D eigenvalue weighted by Gasteiger charge is -2.14. The van der Waals surface area contributed by atoms with Gasteiger partial charge in [0.25, 0.3) is 0 Å². The number of ether oxygens (including phenoxy) is 2. The molecular formula is C24H22N2O4. The fraction of sp³-hybridized carbons (Fsp3) is 0.208. The van der Waals surface area contributed by atoms with Crippen LogP contribution in [0.25, 0.3) is 16.7 Å². The lowest BCUT2D eigenvalue weighted by Crippen LogP contribution is -2.25. The van der Waals surface area contributed by atoms with E-state index in [0.717, 1.165) is 33.7 Å². The van der Waals surface area contributed by atoms with E-state index in [0.29, 0.717) is 18.8 Å². The zero-order valence-corrected chi connectivity index (χ0v) is 16.6. The van der Waals surface area contributed by atoms with E-state index in [1.807, 2.05) is 36.4 Å². The number of aromatic nitrogens is 2. The third kappa shape index (κ3) is 3.95. The second-order valence-electron chi connectivity index (χ2n) is 6.93. The highest BCUT2D eigenvalue weighted by atomic mass is 16.5. The SMILES string of the molecule is COC(Cc1ccccc1OCCC=C1c2ncccc2-c2cccnc21)C(=O)O.